The first-order valence-electron chi connectivity index (χ1n) is 8.30. The van der Waals surface area contributed by atoms with E-state index in [1.165, 1.54) is 32.1 Å². The van der Waals surface area contributed by atoms with Crippen LogP contribution in [0.1, 0.15) is 39.0 Å². The fourth-order valence-corrected chi connectivity index (χ4v) is 2.76. The van der Waals surface area contributed by atoms with Crippen molar-refractivity contribution < 1.29 is 0 Å². The number of rotatable bonds is 7. The molecule has 0 atom stereocenters. The maximum absolute atomic E-state index is 4.67. The normalized spacial score (nSPS) is 16.0. The van der Waals surface area contributed by atoms with E-state index in [4.69, 9.17) is 0 Å². The highest BCUT2D eigenvalue weighted by atomic mass is 15.2. The zero-order chi connectivity index (χ0) is 14.9. The molecule has 2 rings (SSSR count). The van der Waals surface area contributed by atoms with Gasteiger partial charge in [-0.1, -0.05) is 19.8 Å². The van der Waals surface area contributed by atoms with E-state index in [0.717, 1.165) is 44.5 Å². The van der Waals surface area contributed by atoms with Gasteiger partial charge in [0, 0.05) is 32.4 Å². The summed E-state index contributed by atoms with van der Waals surface area (Å²) in [5, 5.41) is 3.34. The number of likely N-dealkylation sites (N-methyl/N-ethyl adjacent to an activating group) is 1. The predicted molar refractivity (Wildman–Crippen MR) is 89.0 cm³/mol. The molecular weight excluding hydrogens is 262 g/mol. The van der Waals surface area contributed by atoms with Crippen LogP contribution in [0.2, 0.25) is 0 Å². The van der Waals surface area contributed by atoms with Gasteiger partial charge in [-0.3, -0.25) is 0 Å². The highest BCUT2D eigenvalue weighted by Crippen LogP contribution is 2.17. The minimum atomic E-state index is 0.752. The third kappa shape index (κ3) is 5.50. The Balaban J connectivity index is 1.85. The molecule has 0 aromatic carbocycles. The van der Waals surface area contributed by atoms with Gasteiger partial charge in [0.2, 0.25) is 5.95 Å². The van der Waals surface area contributed by atoms with Crippen LogP contribution >= 0.6 is 0 Å². The average molecular weight is 291 g/mol. The summed E-state index contributed by atoms with van der Waals surface area (Å²) >= 11 is 0. The fraction of sp³-hybridized carbons (Fsp3) is 0.750. The van der Waals surface area contributed by atoms with Crippen molar-refractivity contribution in [3.8, 4) is 0 Å². The van der Waals surface area contributed by atoms with Crippen molar-refractivity contribution in [2.24, 2.45) is 0 Å². The molecule has 1 aliphatic heterocycles. The van der Waals surface area contributed by atoms with Crippen LogP contribution in [0.5, 0.6) is 0 Å². The molecule has 0 radical (unpaired) electrons. The number of hydrogen-bond acceptors (Lipinski definition) is 5. The average Bonchev–Trinajstić information content (AvgIpc) is 2.77. The zero-order valence-corrected chi connectivity index (χ0v) is 13.5. The largest absolute Gasteiger partial charge is 0.356 e. The van der Waals surface area contributed by atoms with Gasteiger partial charge >= 0.3 is 0 Å². The van der Waals surface area contributed by atoms with Crippen LogP contribution in [-0.2, 0) is 0 Å². The van der Waals surface area contributed by atoms with Crippen molar-refractivity contribution in [2.75, 3.05) is 50.0 Å². The van der Waals surface area contributed by atoms with Crippen molar-refractivity contribution in [1.29, 1.82) is 0 Å². The number of nitrogens with zero attached hydrogens (tertiary/aromatic N) is 4. The van der Waals surface area contributed by atoms with Gasteiger partial charge in [0.05, 0.1) is 0 Å². The Hall–Kier alpha value is -1.36. The van der Waals surface area contributed by atoms with Crippen molar-refractivity contribution in [3.05, 3.63) is 12.3 Å². The molecule has 1 aliphatic rings. The Bertz CT molecular complexity index is 401. The van der Waals surface area contributed by atoms with E-state index in [1.54, 1.807) is 0 Å². The van der Waals surface area contributed by atoms with Crippen LogP contribution < -0.4 is 10.2 Å². The maximum Gasteiger partial charge on any atom is 0.224 e. The third-order valence-corrected chi connectivity index (χ3v) is 3.95. The number of anilines is 2. The molecule has 0 saturated carbocycles. The molecule has 0 spiro atoms. The van der Waals surface area contributed by atoms with Gasteiger partial charge < -0.3 is 15.1 Å². The smallest absolute Gasteiger partial charge is 0.224 e. The van der Waals surface area contributed by atoms with Crippen molar-refractivity contribution >= 4 is 11.8 Å². The van der Waals surface area contributed by atoms with Crippen molar-refractivity contribution in [1.82, 2.24) is 14.9 Å². The monoisotopic (exact) mass is 291 g/mol. The van der Waals surface area contributed by atoms with Crippen LogP contribution in [0.3, 0.4) is 0 Å². The van der Waals surface area contributed by atoms with Crippen molar-refractivity contribution in [2.45, 2.75) is 39.0 Å². The SMILES string of the molecule is CCCN(C)CCNc1nccc(N2CCCCCC2)n1. The Labute approximate surface area is 128 Å². The molecule has 1 saturated heterocycles. The summed E-state index contributed by atoms with van der Waals surface area (Å²) in [5.74, 6) is 1.82. The molecule has 2 heterocycles. The van der Waals surface area contributed by atoms with E-state index >= 15 is 0 Å². The number of aromatic nitrogens is 2. The highest BCUT2D eigenvalue weighted by molar-refractivity contribution is 5.42. The van der Waals surface area contributed by atoms with E-state index in [9.17, 15) is 0 Å². The Morgan fingerprint density at radius 3 is 2.67 bits per heavy atom. The van der Waals surface area contributed by atoms with E-state index in [2.05, 4.69) is 39.1 Å². The Morgan fingerprint density at radius 1 is 1.19 bits per heavy atom. The molecule has 21 heavy (non-hydrogen) atoms. The molecule has 1 aromatic heterocycles. The molecule has 5 nitrogen and oxygen atoms in total. The lowest BCUT2D eigenvalue weighted by atomic mass is 10.2. The molecule has 1 aromatic rings. The second-order valence-corrected chi connectivity index (χ2v) is 5.87. The van der Waals surface area contributed by atoms with E-state index in [-0.39, 0.29) is 0 Å². The van der Waals surface area contributed by atoms with Gasteiger partial charge in [-0.25, -0.2) is 4.98 Å². The standard InChI is InChI=1S/C16H29N5/c1-3-11-20(2)14-10-18-16-17-9-8-15(19-16)21-12-6-4-5-7-13-21/h8-9H,3-7,10-14H2,1-2H3,(H,17,18,19). The quantitative estimate of drug-likeness (QED) is 0.836. The van der Waals surface area contributed by atoms with Gasteiger partial charge in [0.25, 0.3) is 0 Å². The van der Waals surface area contributed by atoms with Gasteiger partial charge in [0.15, 0.2) is 0 Å². The molecular formula is C16H29N5. The summed E-state index contributed by atoms with van der Waals surface area (Å²) < 4.78 is 0. The number of nitrogens with one attached hydrogen (secondary N) is 1. The fourth-order valence-electron chi connectivity index (χ4n) is 2.76. The first kappa shape index (κ1) is 16.0. The molecule has 118 valence electrons. The summed E-state index contributed by atoms with van der Waals surface area (Å²) in [5.41, 5.74) is 0. The van der Waals surface area contributed by atoms with Crippen LogP contribution in [0, 0.1) is 0 Å². The van der Waals surface area contributed by atoms with Crippen LogP contribution in [0.25, 0.3) is 0 Å². The molecule has 0 unspecified atom stereocenters. The Morgan fingerprint density at radius 2 is 1.95 bits per heavy atom. The minimum Gasteiger partial charge on any atom is -0.356 e. The van der Waals surface area contributed by atoms with E-state index < -0.39 is 0 Å². The van der Waals surface area contributed by atoms with Gasteiger partial charge in [-0.2, -0.15) is 4.98 Å². The first-order chi connectivity index (χ1) is 10.3. The summed E-state index contributed by atoms with van der Waals surface area (Å²) in [7, 11) is 2.15. The van der Waals surface area contributed by atoms with E-state index in [1.807, 2.05) is 12.3 Å². The molecule has 5 heteroatoms. The lowest BCUT2D eigenvalue weighted by Gasteiger charge is -2.21. The minimum absolute atomic E-state index is 0.752. The molecule has 0 aliphatic carbocycles. The van der Waals surface area contributed by atoms with Crippen LogP contribution in [0.15, 0.2) is 12.3 Å². The van der Waals surface area contributed by atoms with Gasteiger partial charge in [0.1, 0.15) is 5.82 Å². The summed E-state index contributed by atoms with van der Waals surface area (Å²) in [6, 6.07) is 2.03. The maximum atomic E-state index is 4.67. The summed E-state index contributed by atoms with van der Waals surface area (Å²) in [6.07, 6.45) is 8.29. The predicted octanol–water partition coefficient (Wildman–Crippen LogP) is 2.61. The van der Waals surface area contributed by atoms with Crippen LogP contribution in [-0.4, -0.2) is 54.6 Å². The lowest BCUT2D eigenvalue weighted by molar-refractivity contribution is 0.347. The van der Waals surface area contributed by atoms with Crippen molar-refractivity contribution in [3.63, 3.8) is 0 Å². The lowest BCUT2D eigenvalue weighted by Crippen LogP contribution is -2.27. The molecule has 1 fully saturated rings. The Kier molecular flexibility index (Phi) is 6.73. The summed E-state index contributed by atoms with van der Waals surface area (Å²) in [6.45, 7) is 7.49. The second kappa shape index (κ2) is 8.82. The molecule has 1 N–H and O–H groups in total. The number of hydrogen-bond donors (Lipinski definition) is 1. The topological polar surface area (TPSA) is 44.3 Å². The van der Waals surface area contributed by atoms with Gasteiger partial charge in [-0.05, 0) is 38.9 Å². The second-order valence-electron chi connectivity index (χ2n) is 5.87. The van der Waals surface area contributed by atoms with E-state index in [0.29, 0.717) is 0 Å². The first-order valence-corrected chi connectivity index (χ1v) is 8.30. The van der Waals surface area contributed by atoms with Gasteiger partial charge in [-0.15, -0.1) is 0 Å². The highest BCUT2D eigenvalue weighted by Gasteiger charge is 2.11. The van der Waals surface area contributed by atoms with Crippen LogP contribution in [0.4, 0.5) is 11.8 Å². The molecule has 0 bridgehead atoms. The third-order valence-electron chi connectivity index (χ3n) is 3.95. The zero-order valence-electron chi connectivity index (χ0n) is 13.5. The molecule has 0 amide bonds. The summed E-state index contributed by atoms with van der Waals surface area (Å²) in [4.78, 5) is 13.7.